The number of hydrogen-bond acceptors (Lipinski definition) is 3. The molecule has 0 atom stereocenters. The highest BCUT2D eigenvalue weighted by Crippen LogP contribution is 2.27. The molecule has 0 heterocycles. The number of nitrogens with zero attached hydrogens (tertiary/aromatic N) is 2. The van der Waals surface area contributed by atoms with Crippen molar-refractivity contribution in [2.24, 2.45) is 0 Å². The van der Waals surface area contributed by atoms with Gasteiger partial charge in [0, 0.05) is 18.7 Å². The summed E-state index contributed by atoms with van der Waals surface area (Å²) in [7, 11) is 0. The molecule has 0 saturated heterocycles. The van der Waals surface area contributed by atoms with Crippen LogP contribution in [0, 0.1) is 10.1 Å². The lowest BCUT2D eigenvalue weighted by atomic mass is 10.1. The van der Waals surface area contributed by atoms with Crippen LogP contribution in [0.15, 0.2) is 24.3 Å². The van der Waals surface area contributed by atoms with Crippen LogP contribution in [0.2, 0.25) is 0 Å². The second-order valence-electron chi connectivity index (χ2n) is 4.80. The van der Waals surface area contributed by atoms with Crippen molar-refractivity contribution >= 4 is 11.6 Å². The van der Waals surface area contributed by atoms with Gasteiger partial charge in [-0.1, -0.05) is 25.0 Å². The van der Waals surface area contributed by atoms with E-state index < -0.39 is 4.92 Å². The molecule has 0 aliphatic heterocycles. The summed E-state index contributed by atoms with van der Waals surface area (Å²) in [5, 5.41) is 11.0. The third-order valence-electron chi connectivity index (χ3n) is 3.70. The predicted molar refractivity (Wildman–Crippen MR) is 72.1 cm³/mol. The van der Waals surface area contributed by atoms with E-state index in [-0.39, 0.29) is 23.2 Å². The number of nitro benzene ring substituents is 1. The molecule has 0 N–H and O–H groups in total. The molecule has 5 heteroatoms. The number of nitro groups is 1. The Morgan fingerprint density at radius 2 is 2.00 bits per heavy atom. The van der Waals surface area contributed by atoms with Crippen LogP contribution in [0.1, 0.15) is 43.0 Å². The molecule has 1 fully saturated rings. The van der Waals surface area contributed by atoms with Crippen LogP contribution in [-0.2, 0) is 0 Å². The molecule has 0 bridgehead atoms. The van der Waals surface area contributed by atoms with Gasteiger partial charge in [0.2, 0.25) is 0 Å². The number of carbonyl (C=O) groups is 1. The van der Waals surface area contributed by atoms with E-state index in [1.807, 2.05) is 6.92 Å². The highest BCUT2D eigenvalue weighted by Gasteiger charge is 2.29. The van der Waals surface area contributed by atoms with E-state index in [0.29, 0.717) is 6.54 Å². The largest absolute Gasteiger partial charge is 0.336 e. The van der Waals surface area contributed by atoms with Gasteiger partial charge in [-0.2, -0.15) is 0 Å². The Hall–Kier alpha value is -1.91. The van der Waals surface area contributed by atoms with Crippen molar-refractivity contribution in [1.82, 2.24) is 4.90 Å². The van der Waals surface area contributed by atoms with Gasteiger partial charge in [0.25, 0.3) is 11.6 Å². The summed E-state index contributed by atoms with van der Waals surface area (Å²) < 4.78 is 0. The zero-order valence-electron chi connectivity index (χ0n) is 11.0. The number of hydrogen-bond donors (Lipinski definition) is 0. The third-order valence-corrected chi connectivity index (χ3v) is 3.70. The van der Waals surface area contributed by atoms with Crippen molar-refractivity contribution < 1.29 is 9.72 Å². The number of rotatable bonds is 4. The molecule has 102 valence electrons. The zero-order chi connectivity index (χ0) is 13.8. The fourth-order valence-corrected chi connectivity index (χ4v) is 2.75. The smallest absolute Gasteiger partial charge is 0.282 e. The highest BCUT2D eigenvalue weighted by atomic mass is 16.6. The lowest BCUT2D eigenvalue weighted by molar-refractivity contribution is -0.385. The fraction of sp³-hybridized carbons (Fsp3) is 0.500. The van der Waals surface area contributed by atoms with Gasteiger partial charge in [0.15, 0.2) is 0 Å². The second-order valence-corrected chi connectivity index (χ2v) is 4.80. The van der Waals surface area contributed by atoms with Gasteiger partial charge in [-0.3, -0.25) is 14.9 Å². The average molecular weight is 262 g/mol. The quantitative estimate of drug-likeness (QED) is 0.619. The van der Waals surface area contributed by atoms with Gasteiger partial charge in [-0.25, -0.2) is 0 Å². The molecule has 1 aliphatic carbocycles. The molecule has 0 radical (unpaired) electrons. The molecule has 1 aromatic rings. The standard InChI is InChI=1S/C14H18N2O3/c1-2-15(11-7-3-4-8-11)14(17)12-9-5-6-10-13(12)16(18)19/h5-6,9-11H,2-4,7-8H2,1H3. The van der Waals surface area contributed by atoms with Crippen LogP contribution < -0.4 is 0 Å². The summed E-state index contributed by atoms with van der Waals surface area (Å²) in [5.41, 5.74) is 0.0881. The fourth-order valence-electron chi connectivity index (χ4n) is 2.75. The Bertz CT molecular complexity index is 481. The minimum Gasteiger partial charge on any atom is -0.336 e. The molecule has 1 aliphatic rings. The maximum Gasteiger partial charge on any atom is 0.282 e. The first-order chi connectivity index (χ1) is 9.15. The normalized spacial score (nSPS) is 15.4. The highest BCUT2D eigenvalue weighted by molar-refractivity contribution is 5.98. The van der Waals surface area contributed by atoms with Gasteiger partial charge in [-0.15, -0.1) is 0 Å². The summed E-state index contributed by atoms with van der Waals surface area (Å²) in [5.74, 6) is -0.221. The summed E-state index contributed by atoms with van der Waals surface area (Å²) in [6.07, 6.45) is 4.26. The number of carbonyl (C=O) groups excluding carboxylic acids is 1. The zero-order valence-corrected chi connectivity index (χ0v) is 11.0. The van der Waals surface area contributed by atoms with Crippen molar-refractivity contribution in [1.29, 1.82) is 0 Å². The van der Waals surface area contributed by atoms with E-state index in [4.69, 9.17) is 0 Å². The lowest BCUT2D eigenvalue weighted by Crippen LogP contribution is -2.38. The molecule has 5 nitrogen and oxygen atoms in total. The maximum absolute atomic E-state index is 12.5. The maximum atomic E-state index is 12.5. The van der Waals surface area contributed by atoms with Gasteiger partial charge >= 0.3 is 0 Å². The van der Waals surface area contributed by atoms with Gasteiger partial charge in [0.05, 0.1) is 4.92 Å². The van der Waals surface area contributed by atoms with Crippen LogP contribution in [0.4, 0.5) is 5.69 Å². The topological polar surface area (TPSA) is 63.5 Å². The minimum atomic E-state index is -0.490. The number of para-hydroxylation sites is 1. The predicted octanol–water partition coefficient (Wildman–Crippen LogP) is 3.00. The molecular weight excluding hydrogens is 244 g/mol. The Labute approximate surface area is 112 Å². The second kappa shape index (κ2) is 5.82. The summed E-state index contributed by atoms with van der Waals surface area (Å²) in [6, 6.07) is 6.41. The molecule has 0 spiro atoms. The molecule has 1 aromatic carbocycles. The Balaban J connectivity index is 2.29. The summed E-state index contributed by atoms with van der Waals surface area (Å²) in [6.45, 7) is 2.51. The van der Waals surface area contributed by atoms with Crippen molar-refractivity contribution in [2.75, 3.05) is 6.54 Å². The summed E-state index contributed by atoms with van der Waals surface area (Å²) in [4.78, 5) is 24.8. The van der Waals surface area contributed by atoms with Crippen molar-refractivity contribution in [2.45, 2.75) is 38.6 Å². The molecule has 1 amide bonds. The minimum absolute atomic E-state index is 0.107. The van der Waals surface area contributed by atoms with Crippen LogP contribution >= 0.6 is 0 Å². The molecule has 0 unspecified atom stereocenters. The van der Waals surface area contributed by atoms with E-state index in [1.54, 1.807) is 17.0 Å². The molecule has 2 rings (SSSR count). The monoisotopic (exact) mass is 262 g/mol. The molecule has 19 heavy (non-hydrogen) atoms. The third kappa shape index (κ3) is 2.75. The van der Waals surface area contributed by atoms with Crippen molar-refractivity contribution in [3.8, 4) is 0 Å². The van der Waals surface area contributed by atoms with Crippen LogP contribution in [0.25, 0.3) is 0 Å². The van der Waals surface area contributed by atoms with Crippen LogP contribution in [-0.4, -0.2) is 28.3 Å². The molecular formula is C14H18N2O3. The Morgan fingerprint density at radius 1 is 1.37 bits per heavy atom. The van der Waals surface area contributed by atoms with Gasteiger partial charge < -0.3 is 4.90 Å². The lowest BCUT2D eigenvalue weighted by Gasteiger charge is -2.27. The number of amides is 1. The van der Waals surface area contributed by atoms with E-state index in [2.05, 4.69) is 0 Å². The van der Waals surface area contributed by atoms with Gasteiger partial charge in [-0.05, 0) is 25.8 Å². The first kappa shape index (κ1) is 13.5. The van der Waals surface area contributed by atoms with Gasteiger partial charge in [0.1, 0.15) is 5.56 Å². The molecule has 1 saturated carbocycles. The Morgan fingerprint density at radius 3 is 2.58 bits per heavy atom. The van der Waals surface area contributed by atoms with E-state index in [1.165, 1.54) is 12.1 Å². The van der Waals surface area contributed by atoms with Crippen LogP contribution in [0.5, 0.6) is 0 Å². The van der Waals surface area contributed by atoms with E-state index >= 15 is 0 Å². The Kier molecular flexibility index (Phi) is 4.14. The number of benzene rings is 1. The first-order valence-electron chi connectivity index (χ1n) is 6.69. The van der Waals surface area contributed by atoms with E-state index in [0.717, 1.165) is 25.7 Å². The summed E-state index contributed by atoms with van der Waals surface area (Å²) >= 11 is 0. The SMILES string of the molecule is CCN(C(=O)c1ccccc1[N+](=O)[O-])C1CCCC1. The van der Waals surface area contributed by atoms with E-state index in [9.17, 15) is 14.9 Å². The first-order valence-corrected chi connectivity index (χ1v) is 6.69. The average Bonchev–Trinajstić information content (AvgIpc) is 2.93. The van der Waals surface area contributed by atoms with Crippen molar-refractivity contribution in [3.63, 3.8) is 0 Å². The van der Waals surface area contributed by atoms with Crippen molar-refractivity contribution in [3.05, 3.63) is 39.9 Å². The van der Waals surface area contributed by atoms with Crippen LogP contribution in [0.3, 0.4) is 0 Å². The molecule has 0 aromatic heterocycles.